The lowest BCUT2D eigenvalue weighted by Crippen LogP contribution is -2.15. The first-order chi connectivity index (χ1) is 13.2. The first-order valence-electron chi connectivity index (χ1n) is 7.70. The van der Waals surface area contributed by atoms with Crippen LogP contribution >= 0.6 is 0 Å². The normalized spacial score (nSPS) is 12.3. The highest BCUT2D eigenvalue weighted by Gasteiger charge is 2.24. The van der Waals surface area contributed by atoms with Gasteiger partial charge in [0.05, 0.1) is 12.6 Å². The fourth-order valence-corrected chi connectivity index (χ4v) is 2.39. The van der Waals surface area contributed by atoms with E-state index in [9.17, 15) is 4.79 Å². The van der Waals surface area contributed by atoms with Crippen molar-refractivity contribution in [1.29, 1.82) is 0 Å². The number of carbonyl (C=O) groups excluding carboxylic acids is 1. The average Bonchev–Trinajstić information content (AvgIpc) is 3.44. The Labute approximate surface area is 151 Å². The van der Waals surface area contributed by atoms with Gasteiger partial charge in [-0.05, 0) is 6.08 Å². The Morgan fingerprint density at radius 3 is 3.04 bits per heavy atom. The summed E-state index contributed by atoms with van der Waals surface area (Å²) in [5, 5.41) is 24.1. The number of hydroxylamine groups is 1. The molecule has 3 aromatic heterocycles. The number of oxazole rings is 1. The highest BCUT2D eigenvalue weighted by Crippen LogP contribution is 2.25. The number of nitrogens with zero attached hydrogens (tertiary/aromatic N) is 6. The first-order valence-corrected chi connectivity index (χ1v) is 7.70. The van der Waals surface area contributed by atoms with Crippen LogP contribution in [0.5, 0.6) is 0 Å². The number of rotatable bonds is 6. The smallest absolute Gasteiger partial charge is 0.267 e. The van der Waals surface area contributed by atoms with Gasteiger partial charge in [0.2, 0.25) is 18.2 Å². The minimum atomic E-state index is -0.682. The van der Waals surface area contributed by atoms with Crippen LogP contribution in [0.1, 0.15) is 23.5 Å². The third-order valence-corrected chi connectivity index (χ3v) is 3.61. The summed E-state index contributed by atoms with van der Waals surface area (Å²) in [6.45, 7) is 0. The summed E-state index contributed by atoms with van der Waals surface area (Å²) in [7, 11) is 0. The molecule has 0 bridgehead atoms. The van der Waals surface area contributed by atoms with Gasteiger partial charge < -0.3 is 8.83 Å². The van der Waals surface area contributed by atoms with Gasteiger partial charge in [-0.1, -0.05) is 17.3 Å². The Balaban J connectivity index is 1.69. The third kappa shape index (κ3) is 3.51. The van der Waals surface area contributed by atoms with E-state index in [1.165, 1.54) is 22.6 Å². The largest absolute Gasteiger partial charge is 0.438 e. The molecule has 0 aliphatic heterocycles. The zero-order valence-corrected chi connectivity index (χ0v) is 13.6. The van der Waals surface area contributed by atoms with Crippen LogP contribution in [0.25, 0.3) is 17.2 Å². The van der Waals surface area contributed by atoms with E-state index < -0.39 is 11.9 Å². The van der Waals surface area contributed by atoms with Crippen LogP contribution in [0.4, 0.5) is 0 Å². The molecule has 4 aromatic rings. The van der Waals surface area contributed by atoms with Gasteiger partial charge in [-0.2, -0.15) is 0 Å². The molecule has 11 heteroatoms. The van der Waals surface area contributed by atoms with E-state index in [0.717, 1.165) is 6.08 Å². The summed E-state index contributed by atoms with van der Waals surface area (Å²) in [6.07, 6.45) is 5.60. The molecular formula is C16H11N7O4. The second-order valence-corrected chi connectivity index (χ2v) is 5.36. The molecule has 0 aliphatic rings. The number of aromatic nitrogens is 6. The molecule has 27 heavy (non-hydrogen) atoms. The first kappa shape index (κ1) is 16.4. The summed E-state index contributed by atoms with van der Waals surface area (Å²) < 4.78 is 12.5. The second-order valence-electron chi connectivity index (χ2n) is 5.36. The number of hydrogen-bond donors (Lipinski definition) is 2. The summed E-state index contributed by atoms with van der Waals surface area (Å²) in [6, 6.07) is 8.41. The number of fused-ring (bicyclic) bond motifs is 1. The third-order valence-electron chi connectivity index (χ3n) is 3.61. The van der Waals surface area contributed by atoms with Crippen LogP contribution in [0.3, 0.4) is 0 Å². The SMILES string of the molecule is O=C(C=Cc1cn(C(Cc2nnco2)c2nc3cc#ccc3o2)nn1)NO. The molecule has 0 aliphatic carbocycles. The van der Waals surface area contributed by atoms with Crippen molar-refractivity contribution >= 4 is 23.1 Å². The Hall–Kier alpha value is -4.04. The van der Waals surface area contributed by atoms with E-state index in [-0.39, 0.29) is 6.42 Å². The average molecular weight is 365 g/mol. The highest BCUT2D eigenvalue weighted by molar-refractivity contribution is 5.90. The Bertz CT molecular complexity index is 1050. The van der Waals surface area contributed by atoms with E-state index in [1.54, 1.807) is 18.3 Å². The molecule has 0 saturated carbocycles. The maximum Gasteiger partial charge on any atom is 0.267 e. The van der Waals surface area contributed by atoms with E-state index in [0.29, 0.717) is 28.6 Å². The van der Waals surface area contributed by atoms with Crippen molar-refractivity contribution in [2.75, 3.05) is 0 Å². The molecule has 0 saturated heterocycles. The van der Waals surface area contributed by atoms with Crippen molar-refractivity contribution in [2.45, 2.75) is 12.5 Å². The topological polar surface area (TPSA) is 145 Å². The van der Waals surface area contributed by atoms with Gasteiger partial charge in [-0.3, -0.25) is 10.0 Å². The van der Waals surface area contributed by atoms with Crippen LogP contribution in [-0.4, -0.2) is 41.3 Å². The fourth-order valence-electron chi connectivity index (χ4n) is 2.39. The molecule has 134 valence electrons. The monoisotopic (exact) mass is 365 g/mol. The van der Waals surface area contributed by atoms with Crippen LogP contribution in [0.15, 0.2) is 39.6 Å². The van der Waals surface area contributed by atoms with Gasteiger partial charge in [0.15, 0.2) is 5.58 Å². The van der Waals surface area contributed by atoms with E-state index >= 15 is 0 Å². The summed E-state index contributed by atoms with van der Waals surface area (Å²) in [5.41, 5.74) is 3.07. The summed E-state index contributed by atoms with van der Waals surface area (Å²) >= 11 is 0. The van der Waals surface area contributed by atoms with Crippen molar-refractivity contribution in [1.82, 2.24) is 35.7 Å². The molecule has 11 nitrogen and oxygen atoms in total. The van der Waals surface area contributed by atoms with Crippen LogP contribution in [0, 0.1) is 12.1 Å². The lowest BCUT2D eigenvalue weighted by atomic mass is 10.2. The van der Waals surface area contributed by atoms with Crippen LogP contribution in [0.2, 0.25) is 0 Å². The fraction of sp³-hybridized carbons (Fsp3) is 0.125. The minimum Gasteiger partial charge on any atom is -0.438 e. The summed E-state index contributed by atoms with van der Waals surface area (Å²) in [5.74, 6) is 0.0516. The van der Waals surface area contributed by atoms with Crippen molar-refractivity contribution in [2.24, 2.45) is 0 Å². The zero-order chi connectivity index (χ0) is 18.6. The van der Waals surface area contributed by atoms with Gasteiger partial charge in [0, 0.05) is 18.2 Å². The molecule has 0 spiro atoms. The van der Waals surface area contributed by atoms with E-state index in [2.05, 4.69) is 37.6 Å². The molecule has 1 aromatic carbocycles. The van der Waals surface area contributed by atoms with Crippen molar-refractivity contribution in [3.05, 3.63) is 60.4 Å². The quantitative estimate of drug-likeness (QED) is 0.287. The zero-order valence-electron chi connectivity index (χ0n) is 13.6. The van der Waals surface area contributed by atoms with Crippen molar-refractivity contribution in [3.63, 3.8) is 0 Å². The lowest BCUT2D eigenvalue weighted by molar-refractivity contribution is -0.124. The standard InChI is InChI=1S/C16H11N7O4/c24-14(21-25)6-5-10-8-23(22-19-10)12(7-15-20-17-9-26-15)16-18-11-3-1-2-4-13(11)27-16/h3-6,8-9,12,25H,7H2,(H,21,24). The van der Waals surface area contributed by atoms with E-state index in [4.69, 9.17) is 14.0 Å². The van der Waals surface area contributed by atoms with Gasteiger partial charge in [0.25, 0.3) is 5.91 Å². The molecule has 0 radical (unpaired) electrons. The van der Waals surface area contributed by atoms with Gasteiger partial charge in [-0.15, -0.1) is 15.3 Å². The van der Waals surface area contributed by atoms with Crippen molar-refractivity contribution < 1.29 is 18.8 Å². The van der Waals surface area contributed by atoms with Crippen LogP contribution < -0.4 is 5.48 Å². The lowest BCUT2D eigenvalue weighted by Gasteiger charge is -2.10. The minimum absolute atomic E-state index is 0.268. The molecule has 2 N–H and O–H groups in total. The number of nitrogens with one attached hydrogen (secondary N) is 1. The van der Waals surface area contributed by atoms with E-state index in [1.807, 2.05) is 0 Å². The number of carbonyl (C=O) groups is 1. The number of amides is 1. The molecule has 1 unspecified atom stereocenters. The Morgan fingerprint density at radius 2 is 2.26 bits per heavy atom. The van der Waals surface area contributed by atoms with Crippen LogP contribution in [-0.2, 0) is 11.2 Å². The number of hydrogen-bond acceptors (Lipinski definition) is 9. The van der Waals surface area contributed by atoms with Crippen molar-refractivity contribution in [3.8, 4) is 0 Å². The molecule has 3 heterocycles. The van der Waals surface area contributed by atoms with Gasteiger partial charge >= 0.3 is 0 Å². The molecule has 4 rings (SSSR count). The predicted octanol–water partition coefficient (Wildman–Crippen LogP) is 0.753. The Morgan fingerprint density at radius 1 is 1.37 bits per heavy atom. The second kappa shape index (κ2) is 7.06. The summed E-state index contributed by atoms with van der Waals surface area (Å²) in [4.78, 5) is 15.6. The molecule has 0 fully saturated rings. The maximum atomic E-state index is 11.1. The molecule has 1 atom stereocenters. The maximum absolute atomic E-state index is 11.1. The Kier molecular flexibility index (Phi) is 4.30. The predicted molar refractivity (Wildman–Crippen MR) is 86.8 cm³/mol. The van der Waals surface area contributed by atoms with Gasteiger partial charge in [0.1, 0.15) is 17.3 Å². The van der Waals surface area contributed by atoms with Gasteiger partial charge in [-0.25, -0.2) is 15.1 Å². The highest BCUT2D eigenvalue weighted by atomic mass is 16.5. The molecule has 1 amide bonds. The molecular weight excluding hydrogens is 354 g/mol.